The third-order valence-electron chi connectivity index (χ3n) is 2.64. The molecule has 2 aromatic heterocycles. The topological polar surface area (TPSA) is 47.8 Å². The van der Waals surface area contributed by atoms with Crippen molar-refractivity contribution in [1.82, 2.24) is 14.8 Å². The number of hydrogen-bond donors (Lipinski definition) is 0. The molecule has 4 nitrogen and oxygen atoms in total. The number of rotatable bonds is 2. The van der Waals surface area contributed by atoms with E-state index in [9.17, 15) is 4.79 Å². The molecule has 84 valence electrons. The van der Waals surface area contributed by atoms with Crippen molar-refractivity contribution in [2.45, 2.75) is 6.92 Å². The van der Waals surface area contributed by atoms with Crippen molar-refractivity contribution in [3.63, 3.8) is 0 Å². The summed E-state index contributed by atoms with van der Waals surface area (Å²) in [7, 11) is 0. The van der Waals surface area contributed by atoms with Gasteiger partial charge in [-0.15, -0.1) is 0 Å². The fraction of sp³-hybridized carbons (Fsp3) is 0.0833. The highest BCUT2D eigenvalue weighted by Gasteiger charge is 2.11. The molecule has 1 aromatic carbocycles. The third-order valence-corrected chi connectivity index (χ3v) is 3.65. The number of hydrogen-bond acceptors (Lipinski definition) is 4. The first-order valence-electron chi connectivity index (χ1n) is 5.15. The van der Waals surface area contributed by atoms with E-state index in [0.29, 0.717) is 5.56 Å². The second-order valence-corrected chi connectivity index (χ2v) is 4.69. The predicted molar refractivity (Wildman–Crippen MR) is 66.9 cm³/mol. The number of carbonyl (C=O) groups is 1. The average Bonchev–Trinajstić information content (AvgIpc) is 2.91. The Kier molecular flexibility index (Phi) is 2.26. The SMILES string of the molecule is Cc1c(C=O)cnn1-c1nc2ccccc2s1. The molecule has 0 radical (unpaired) electrons. The Morgan fingerprint density at radius 1 is 1.35 bits per heavy atom. The summed E-state index contributed by atoms with van der Waals surface area (Å²) < 4.78 is 2.82. The molecular weight excluding hydrogens is 234 g/mol. The van der Waals surface area contributed by atoms with Gasteiger partial charge in [0.1, 0.15) is 0 Å². The number of fused-ring (bicyclic) bond motifs is 1. The molecule has 0 N–H and O–H groups in total. The molecule has 0 bridgehead atoms. The summed E-state index contributed by atoms with van der Waals surface area (Å²) >= 11 is 1.56. The van der Waals surface area contributed by atoms with E-state index in [2.05, 4.69) is 10.1 Å². The Hall–Kier alpha value is -2.01. The van der Waals surface area contributed by atoms with Crippen molar-refractivity contribution in [3.8, 4) is 5.13 Å². The van der Waals surface area contributed by atoms with Crippen LogP contribution in [0.1, 0.15) is 16.1 Å². The molecule has 0 aliphatic carbocycles. The lowest BCUT2D eigenvalue weighted by Crippen LogP contribution is -1.98. The van der Waals surface area contributed by atoms with Gasteiger partial charge in [-0.25, -0.2) is 9.67 Å². The Labute approximate surface area is 102 Å². The van der Waals surface area contributed by atoms with Gasteiger partial charge >= 0.3 is 0 Å². The molecule has 0 aliphatic heterocycles. The molecule has 0 aliphatic rings. The van der Waals surface area contributed by atoms with Crippen LogP contribution < -0.4 is 0 Å². The van der Waals surface area contributed by atoms with E-state index in [-0.39, 0.29) is 0 Å². The van der Waals surface area contributed by atoms with Crippen molar-refractivity contribution in [1.29, 1.82) is 0 Å². The minimum Gasteiger partial charge on any atom is -0.298 e. The molecule has 3 rings (SSSR count). The van der Waals surface area contributed by atoms with Crippen molar-refractivity contribution in [3.05, 3.63) is 41.7 Å². The molecule has 0 fully saturated rings. The highest BCUT2D eigenvalue weighted by Crippen LogP contribution is 2.25. The molecule has 0 spiro atoms. The number of carbonyl (C=O) groups excluding carboxylic acids is 1. The van der Waals surface area contributed by atoms with Crippen LogP contribution in [0.15, 0.2) is 30.5 Å². The highest BCUT2D eigenvalue weighted by atomic mass is 32.1. The largest absolute Gasteiger partial charge is 0.298 e. The number of thiazole rings is 1. The normalized spacial score (nSPS) is 10.9. The van der Waals surface area contributed by atoms with Crippen LogP contribution in [0.4, 0.5) is 0 Å². The zero-order chi connectivity index (χ0) is 11.8. The molecule has 0 amide bonds. The predicted octanol–water partition coefficient (Wildman–Crippen LogP) is 2.60. The van der Waals surface area contributed by atoms with E-state index in [1.165, 1.54) is 0 Å². The van der Waals surface area contributed by atoms with Gasteiger partial charge < -0.3 is 0 Å². The minimum absolute atomic E-state index is 0.601. The maximum atomic E-state index is 10.8. The van der Waals surface area contributed by atoms with Gasteiger partial charge in [-0.3, -0.25) is 4.79 Å². The Morgan fingerprint density at radius 2 is 2.18 bits per heavy atom. The minimum atomic E-state index is 0.601. The Bertz CT molecular complexity index is 666. The molecular formula is C12H9N3OS. The maximum Gasteiger partial charge on any atom is 0.211 e. The lowest BCUT2D eigenvalue weighted by atomic mass is 10.3. The summed E-state index contributed by atoms with van der Waals surface area (Å²) in [5.41, 5.74) is 2.37. The molecule has 5 heteroatoms. The van der Waals surface area contributed by atoms with Crippen LogP contribution in [0, 0.1) is 6.92 Å². The van der Waals surface area contributed by atoms with Gasteiger partial charge in [-0.2, -0.15) is 5.10 Å². The summed E-state index contributed by atoms with van der Waals surface area (Å²) in [4.78, 5) is 15.3. The summed E-state index contributed by atoms with van der Waals surface area (Å²) in [6, 6.07) is 7.93. The second-order valence-electron chi connectivity index (χ2n) is 3.68. The average molecular weight is 243 g/mol. The number of para-hydroxylation sites is 1. The first-order valence-corrected chi connectivity index (χ1v) is 5.97. The van der Waals surface area contributed by atoms with Crippen molar-refractivity contribution in [2.75, 3.05) is 0 Å². The van der Waals surface area contributed by atoms with Crippen LogP contribution in [0.25, 0.3) is 15.3 Å². The van der Waals surface area contributed by atoms with E-state index in [1.807, 2.05) is 31.2 Å². The van der Waals surface area contributed by atoms with Crippen LogP contribution >= 0.6 is 11.3 Å². The molecule has 0 atom stereocenters. The molecule has 0 saturated heterocycles. The summed E-state index contributed by atoms with van der Waals surface area (Å²) in [5.74, 6) is 0. The van der Waals surface area contributed by atoms with Crippen molar-refractivity contribution >= 4 is 27.8 Å². The standard InChI is InChI=1S/C12H9N3OS/c1-8-9(7-16)6-13-15(8)12-14-10-4-2-3-5-11(10)17-12/h2-7H,1H3. The van der Waals surface area contributed by atoms with Crippen LogP contribution in [0.5, 0.6) is 0 Å². The quantitative estimate of drug-likeness (QED) is 0.650. The van der Waals surface area contributed by atoms with Gasteiger partial charge in [0.25, 0.3) is 0 Å². The van der Waals surface area contributed by atoms with Gasteiger partial charge in [0.2, 0.25) is 5.13 Å². The highest BCUT2D eigenvalue weighted by molar-refractivity contribution is 7.20. The Balaban J connectivity index is 2.20. The van der Waals surface area contributed by atoms with E-state index in [0.717, 1.165) is 27.3 Å². The van der Waals surface area contributed by atoms with E-state index >= 15 is 0 Å². The molecule has 0 saturated carbocycles. The molecule has 3 aromatic rings. The van der Waals surface area contributed by atoms with Gasteiger partial charge in [-0.1, -0.05) is 23.5 Å². The van der Waals surface area contributed by atoms with E-state index in [1.54, 1.807) is 22.2 Å². The summed E-state index contributed by atoms with van der Waals surface area (Å²) in [5, 5.41) is 4.97. The van der Waals surface area contributed by atoms with Gasteiger partial charge in [0.15, 0.2) is 6.29 Å². The second kappa shape index (κ2) is 3.78. The maximum absolute atomic E-state index is 10.8. The van der Waals surface area contributed by atoms with Crippen LogP contribution in [-0.4, -0.2) is 21.1 Å². The number of aldehydes is 1. The first kappa shape index (κ1) is 10.2. The van der Waals surface area contributed by atoms with E-state index in [4.69, 9.17) is 0 Å². The lowest BCUT2D eigenvalue weighted by Gasteiger charge is -1.97. The van der Waals surface area contributed by atoms with Crippen LogP contribution in [0.3, 0.4) is 0 Å². The number of nitrogens with zero attached hydrogens (tertiary/aromatic N) is 3. The van der Waals surface area contributed by atoms with Gasteiger partial charge in [0, 0.05) is 0 Å². The van der Waals surface area contributed by atoms with Crippen molar-refractivity contribution < 1.29 is 4.79 Å². The number of benzene rings is 1. The monoisotopic (exact) mass is 243 g/mol. The van der Waals surface area contributed by atoms with Crippen LogP contribution in [-0.2, 0) is 0 Å². The number of aromatic nitrogens is 3. The molecule has 17 heavy (non-hydrogen) atoms. The zero-order valence-electron chi connectivity index (χ0n) is 9.12. The van der Waals surface area contributed by atoms with Crippen LogP contribution in [0.2, 0.25) is 0 Å². The molecule has 0 unspecified atom stereocenters. The summed E-state index contributed by atoms with van der Waals surface area (Å²) in [6.07, 6.45) is 2.38. The smallest absolute Gasteiger partial charge is 0.211 e. The third kappa shape index (κ3) is 1.55. The first-order chi connectivity index (χ1) is 8.29. The van der Waals surface area contributed by atoms with Gasteiger partial charge in [-0.05, 0) is 19.1 Å². The zero-order valence-corrected chi connectivity index (χ0v) is 9.94. The van der Waals surface area contributed by atoms with E-state index < -0.39 is 0 Å². The molecule has 2 heterocycles. The van der Waals surface area contributed by atoms with Crippen molar-refractivity contribution in [2.24, 2.45) is 0 Å². The van der Waals surface area contributed by atoms with Gasteiger partial charge in [0.05, 0.1) is 27.7 Å². The lowest BCUT2D eigenvalue weighted by molar-refractivity contribution is 0.112. The fourth-order valence-electron chi connectivity index (χ4n) is 1.68. The fourth-order valence-corrected chi connectivity index (χ4v) is 2.66. The Morgan fingerprint density at radius 3 is 2.88 bits per heavy atom. The summed E-state index contributed by atoms with van der Waals surface area (Å²) in [6.45, 7) is 1.86.